The van der Waals surface area contributed by atoms with Gasteiger partial charge in [0, 0.05) is 24.8 Å². The molecule has 0 saturated carbocycles. The number of aromatic nitrogens is 4. The standard InChI is InChI=1S/C10H9B6N5/c1-6-2-7(21-8(19-6)17-5-18-21)20(3-9(11,12)13)4-10(14,15)16/h2,5H,3-4H2,1H3. The fourth-order valence-corrected chi connectivity index (χ4v) is 2.02. The first kappa shape index (κ1) is 16.1. The fourth-order valence-electron chi connectivity index (χ4n) is 2.02. The summed E-state index contributed by atoms with van der Waals surface area (Å²) < 4.78 is 1.50. The first-order valence-electron chi connectivity index (χ1n) is 6.21. The highest BCUT2D eigenvalue weighted by Gasteiger charge is 2.23. The van der Waals surface area contributed by atoms with Crippen LogP contribution in [0.15, 0.2) is 12.4 Å². The lowest BCUT2D eigenvalue weighted by atomic mass is 9.41. The van der Waals surface area contributed by atoms with Gasteiger partial charge in [0.25, 0.3) is 5.78 Å². The van der Waals surface area contributed by atoms with E-state index in [1.807, 2.05) is 6.92 Å². The summed E-state index contributed by atoms with van der Waals surface area (Å²) in [6, 6.07) is 1.76. The molecule has 11 heteroatoms. The van der Waals surface area contributed by atoms with Crippen LogP contribution in [0.4, 0.5) is 5.82 Å². The maximum atomic E-state index is 5.68. The summed E-state index contributed by atoms with van der Waals surface area (Å²) in [5.41, 5.74) is 0.726. The highest BCUT2D eigenvalue weighted by Crippen LogP contribution is 2.24. The molecule has 0 fully saturated rings. The molecule has 0 N–H and O–H groups in total. The van der Waals surface area contributed by atoms with Gasteiger partial charge in [0.05, 0.1) is 47.1 Å². The van der Waals surface area contributed by atoms with Crippen molar-refractivity contribution in [2.45, 2.75) is 17.1 Å². The number of hydrogen-bond acceptors (Lipinski definition) is 4. The predicted octanol–water partition coefficient (Wildman–Crippen LogP) is -1.60. The maximum absolute atomic E-state index is 5.68. The molecule has 0 aliphatic carbocycles. The van der Waals surface area contributed by atoms with Crippen molar-refractivity contribution in [2.24, 2.45) is 0 Å². The van der Waals surface area contributed by atoms with Gasteiger partial charge in [-0.25, -0.2) is 4.98 Å². The Hall–Kier alpha value is -1.26. The third-order valence-electron chi connectivity index (χ3n) is 2.61. The van der Waals surface area contributed by atoms with Crippen molar-refractivity contribution in [3.05, 3.63) is 18.1 Å². The van der Waals surface area contributed by atoms with Gasteiger partial charge in [-0.2, -0.15) is 14.6 Å². The molecule has 92 valence electrons. The average Bonchev–Trinajstić information content (AvgIpc) is 2.70. The fraction of sp³-hybridized carbons (Fsp3) is 0.500. The molecular formula is C10H9B6N5. The van der Waals surface area contributed by atoms with E-state index in [4.69, 9.17) is 47.1 Å². The van der Waals surface area contributed by atoms with Crippen LogP contribution in [0.25, 0.3) is 5.78 Å². The van der Waals surface area contributed by atoms with E-state index in [0.29, 0.717) is 11.6 Å². The van der Waals surface area contributed by atoms with E-state index in [9.17, 15) is 0 Å². The third-order valence-corrected chi connectivity index (χ3v) is 2.61. The second-order valence-electron chi connectivity index (χ2n) is 5.31. The van der Waals surface area contributed by atoms with Crippen molar-refractivity contribution >= 4 is 58.7 Å². The van der Waals surface area contributed by atoms with Crippen LogP contribution < -0.4 is 4.90 Å². The van der Waals surface area contributed by atoms with E-state index >= 15 is 0 Å². The Morgan fingerprint density at radius 2 is 1.67 bits per heavy atom. The average molecular weight is 264 g/mol. The van der Waals surface area contributed by atoms with Crippen LogP contribution in [-0.2, 0) is 0 Å². The van der Waals surface area contributed by atoms with Crippen LogP contribution in [0.3, 0.4) is 0 Å². The van der Waals surface area contributed by atoms with Crippen molar-refractivity contribution in [3.8, 4) is 0 Å². The van der Waals surface area contributed by atoms with Crippen LogP contribution >= 0.6 is 0 Å². The van der Waals surface area contributed by atoms with Gasteiger partial charge in [-0.1, -0.05) is 0 Å². The number of nitrogens with zero attached hydrogens (tertiary/aromatic N) is 5. The highest BCUT2D eigenvalue weighted by atomic mass is 15.4. The number of aryl methyl sites for hydroxylation is 1. The number of rotatable bonds is 5. The Balaban J connectivity index is 2.49. The minimum absolute atomic E-state index is 0.0543. The number of anilines is 1. The summed E-state index contributed by atoms with van der Waals surface area (Å²) in [6.07, 6.45) is 1.38. The lowest BCUT2D eigenvalue weighted by molar-refractivity contribution is 0.744. The smallest absolute Gasteiger partial charge is 0.254 e. The van der Waals surface area contributed by atoms with E-state index in [0.717, 1.165) is 5.69 Å². The van der Waals surface area contributed by atoms with Gasteiger partial charge < -0.3 is 4.90 Å². The molecule has 5 nitrogen and oxygen atoms in total. The largest absolute Gasteiger partial charge is 0.360 e. The van der Waals surface area contributed by atoms with Crippen LogP contribution in [0.5, 0.6) is 0 Å². The molecule has 2 aromatic rings. The predicted molar refractivity (Wildman–Crippen MR) is 87.6 cm³/mol. The van der Waals surface area contributed by atoms with E-state index in [2.05, 4.69) is 15.1 Å². The summed E-state index contributed by atoms with van der Waals surface area (Å²) in [7, 11) is 34.1. The molecule has 0 aliphatic heterocycles. The van der Waals surface area contributed by atoms with Crippen LogP contribution in [-0.4, -0.2) is 79.7 Å². The second-order valence-corrected chi connectivity index (χ2v) is 5.31. The zero-order valence-corrected chi connectivity index (χ0v) is 11.8. The molecule has 0 unspecified atom stereocenters. The topological polar surface area (TPSA) is 46.3 Å². The van der Waals surface area contributed by atoms with Crippen LogP contribution in [0.2, 0.25) is 10.2 Å². The minimum Gasteiger partial charge on any atom is -0.360 e. The molecular weight excluding hydrogens is 255 g/mol. The summed E-state index contributed by atoms with van der Waals surface area (Å²) in [5, 5.41) is 1.17. The third kappa shape index (κ3) is 4.35. The minimum atomic E-state index is -1.46. The molecule has 0 saturated heterocycles. The zero-order chi connectivity index (χ0) is 15.8. The van der Waals surface area contributed by atoms with Crippen molar-refractivity contribution in [3.63, 3.8) is 0 Å². The summed E-state index contributed by atoms with van der Waals surface area (Å²) in [6.45, 7) is 1.93. The first-order valence-corrected chi connectivity index (χ1v) is 6.21. The normalized spacial score (nSPS) is 12.6. The van der Waals surface area contributed by atoms with Crippen molar-refractivity contribution in [1.29, 1.82) is 0 Å². The zero-order valence-electron chi connectivity index (χ0n) is 11.8. The Morgan fingerprint density at radius 3 is 2.19 bits per heavy atom. The Morgan fingerprint density at radius 1 is 1.10 bits per heavy atom. The van der Waals surface area contributed by atoms with E-state index < -0.39 is 10.2 Å². The monoisotopic (exact) mass is 265 g/mol. The van der Waals surface area contributed by atoms with Gasteiger partial charge in [-0.3, -0.25) is 0 Å². The Bertz CT molecular complexity index is 615. The van der Waals surface area contributed by atoms with Gasteiger partial charge >= 0.3 is 0 Å². The molecule has 2 aromatic heterocycles. The molecule has 21 heavy (non-hydrogen) atoms. The lowest BCUT2D eigenvalue weighted by Crippen LogP contribution is -2.41. The van der Waals surface area contributed by atoms with Gasteiger partial charge in [0.1, 0.15) is 12.1 Å². The van der Waals surface area contributed by atoms with Crippen LogP contribution in [0, 0.1) is 6.92 Å². The molecule has 0 atom stereocenters. The summed E-state index contributed by atoms with van der Waals surface area (Å²) >= 11 is 0. The molecule has 2 rings (SSSR count). The van der Waals surface area contributed by atoms with Gasteiger partial charge in [0.2, 0.25) is 0 Å². The molecule has 0 aliphatic rings. The lowest BCUT2D eigenvalue weighted by Gasteiger charge is -2.37. The maximum Gasteiger partial charge on any atom is 0.254 e. The van der Waals surface area contributed by atoms with Crippen molar-refractivity contribution < 1.29 is 0 Å². The number of fused-ring (bicyclic) bond motifs is 1. The van der Waals surface area contributed by atoms with Crippen LogP contribution in [0.1, 0.15) is 5.69 Å². The van der Waals surface area contributed by atoms with E-state index in [1.54, 1.807) is 11.0 Å². The van der Waals surface area contributed by atoms with Gasteiger partial charge in [-0.15, -0.1) is 10.2 Å². The van der Waals surface area contributed by atoms with Crippen molar-refractivity contribution in [1.82, 2.24) is 19.6 Å². The van der Waals surface area contributed by atoms with Gasteiger partial charge in [-0.05, 0) is 6.92 Å². The first-order chi connectivity index (χ1) is 9.55. The quantitative estimate of drug-likeness (QED) is 0.610. The SMILES string of the molecule is [B]C([B])([B])CN(CC([B])([B])[B])c1cc(C)nc2ncnn12. The molecule has 0 bridgehead atoms. The Labute approximate surface area is 132 Å². The molecule has 0 aromatic carbocycles. The van der Waals surface area contributed by atoms with Gasteiger partial charge in [0.15, 0.2) is 0 Å². The molecule has 2 heterocycles. The highest BCUT2D eigenvalue weighted by molar-refractivity contribution is 6.60. The molecule has 0 spiro atoms. The summed E-state index contributed by atoms with van der Waals surface area (Å²) in [5.74, 6) is 1.01. The second kappa shape index (κ2) is 5.50. The molecule has 12 radical (unpaired) electrons. The van der Waals surface area contributed by atoms with E-state index in [-0.39, 0.29) is 13.1 Å². The molecule has 0 amide bonds. The van der Waals surface area contributed by atoms with Crippen molar-refractivity contribution in [2.75, 3.05) is 18.0 Å². The van der Waals surface area contributed by atoms with E-state index in [1.165, 1.54) is 10.8 Å². The Kier molecular flexibility index (Phi) is 4.22. The summed E-state index contributed by atoms with van der Waals surface area (Å²) in [4.78, 5) is 9.94. The number of hydrogen-bond donors (Lipinski definition) is 0.